The lowest BCUT2D eigenvalue weighted by Gasteiger charge is -2.19. The minimum absolute atomic E-state index is 0.0142. The van der Waals surface area contributed by atoms with Crippen molar-refractivity contribution in [3.05, 3.63) is 40.7 Å². The Morgan fingerprint density at radius 2 is 1.96 bits per heavy atom. The fraction of sp³-hybridized carbons (Fsp3) is 0.500. The molecule has 1 aliphatic heterocycles. The van der Waals surface area contributed by atoms with Crippen LogP contribution in [0.25, 0.3) is 0 Å². The van der Waals surface area contributed by atoms with Gasteiger partial charge in [0.1, 0.15) is 0 Å². The van der Waals surface area contributed by atoms with Crippen molar-refractivity contribution in [1.29, 1.82) is 0 Å². The van der Waals surface area contributed by atoms with E-state index in [1.165, 1.54) is 0 Å². The van der Waals surface area contributed by atoms with Gasteiger partial charge in [-0.1, -0.05) is 17.7 Å². The Morgan fingerprint density at radius 1 is 1.22 bits per heavy atom. The highest BCUT2D eigenvalue weighted by Gasteiger charge is 2.21. The first kappa shape index (κ1) is 19.2. The molecule has 0 aliphatic carbocycles. The molecule has 1 fully saturated rings. The fourth-order valence-electron chi connectivity index (χ4n) is 3.35. The van der Waals surface area contributed by atoms with Crippen LogP contribution in [-0.2, 0) is 11.8 Å². The molecule has 27 heavy (non-hydrogen) atoms. The second-order valence-corrected chi connectivity index (χ2v) is 7.23. The van der Waals surface area contributed by atoms with Crippen LogP contribution in [0.2, 0.25) is 0 Å². The van der Waals surface area contributed by atoms with Gasteiger partial charge in [-0.15, -0.1) is 0 Å². The van der Waals surface area contributed by atoms with Crippen LogP contribution in [0.5, 0.6) is 0 Å². The first-order valence-electron chi connectivity index (χ1n) is 9.46. The molecule has 1 aliphatic rings. The normalized spacial score (nSPS) is 14.9. The number of aryl methyl sites for hydroxylation is 3. The van der Waals surface area contributed by atoms with Gasteiger partial charge in [-0.3, -0.25) is 14.9 Å². The van der Waals surface area contributed by atoms with Crippen molar-refractivity contribution in [2.75, 3.05) is 18.4 Å². The van der Waals surface area contributed by atoms with Gasteiger partial charge in [0.05, 0.1) is 0 Å². The minimum Gasteiger partial charge on any atom is -0.317 e. The van der Waals surface area contributed by atoms with Crippen LogP contribution < -0.4 is 10.6 Å². The number of amides is 1. The van der Waals surface area contributed by atoms with E-state index >= 15 is 0 Å². The van der Waals surface area contributed by atoms with Gasteiger partial charge in [0, 0.05) is 31.4 Å². The van der Waals surface area contributed by atoms with Gasteiger partial charge in [-0.2, -0.15) is 10.1 Å². The fourth-order valence-corrected chi connectivity index (χ4v) is 3.35. The van der Waals surface area contributed by atoms with Crippen LogP contribution in [-0.4, -0.2) is 39.5 Å². The van der Waals surface area contributed by atoms with Gasteiger partial charge in [0.25, 0.3) is 0 Å². The third kappa shape index (κ3) is 4.80. The van der Waals surface area contributed by atoms with Gasteiger partial charge in [0.2, 0.25) is 11.9 Å². The average molecular weight is 369 g/mol. The number of benzene rings is 1. The van der Waals surface area contributed by atoms with Crippen LogP contribution in [0.4, 0.5) is 5.95 Å². The van der Waals surface area contributed by atoms with E-state index in [2.05, 4.69) is 20.7 Å². The molecule has 2 aromatic rings. The first-order valence-corrected chi connectivity index (χ1v) is 9.46. The third-order valence-electron chi connectivity index (χ3n) is 5.01. The van der Waals surface area contributed by atoms with E-state index < -0.39 is 0 Å². The van der Waals surface area contributed by atoms with Gasteiger partial charge in [-0.25, -0.2) is 4.68 Å². The predicted molar refractivity (Wildman–Crippen MR) is 104 cm³/mol. The Balaban J connectivity index is 1.57. The number of nitrogens with one attached hydrogen (secondary N) is 2. The van der Waals surface area contributed by atoms with Crippen molar-refractivity contribution in [2.45, 2.75) is 45.4 Å². The van der Waals surface area contributed by atoms with E-state index in [0.29, 0.717) is 17.4 Å². The molecule has 7 nitrogen and oxygen atoms in total. The number of hydrogen-bond donors (Lipinski definition) is 2. The summed E-state index contributed by atoms with van der Waals surface area (Å²) in [7, 11) is 1.77. The molecule has 2 heterocycles. The van der Waals surface area contributed by atoms with Crippen molar-refractivity contribution >= 4 is 17.6 Å². The summed E-state index contributed by atoms with van der Waals surface area (Å²) in [4.78, 5) is 29.2. The molecule has 7 heteroatoms. The molecular weight excluding hydrogens is 342 g/mol. The smallest absolute Gasteiger partial charge is 0.227 e. The second kappa shape index (κ2) is 8.43. The van der Waals surface area contributed by atoms with Crippen LogP contribution in [0.15, 0.2) is 18.2 Å². The third-order valence-corrected chi connectivity index (χ3v) is 5.01. The summed E-state index contributed by atoms with van der Waals surface area (Å²) >= 11 is 0. The Morgan fingerprint density at radius 3 is 2.70 bits per heavy atom. The maximum Gasteiger partial charge on any atom is 0.227 e. The molecule has 0 radical (unpaired) electrons. The van der Waals surface area contributed by atoms with Crippen molar-refractivity contribution in [2.24, 2.45) is 7.05 Å². The summed E-state index contributed by atoms with van der Waals surface area (Å²) in [6.45, 7) is 5.79. The predicted octanol–water partition coefficient (Wildman–Crippen LogP) is 2.50. The minimum atomic E-state index is -0.221. The van der Waals surface area contributed by atoms with Gasteiger partial charge in [0.15, 0.2) is 11.6 Å². The number of anilines is 1. The number of hydrogen-bond acceptors (Lipinski definition) is 5. The molecule has 3 rings (SSSR count). The quantitative estimate of drug-likeness (QED) is 0.764. The van der Waals surface area contributed by atoms with Gasteiger partial charge < -0.3 is 5.32 Å². The SMILES string of the molecule is Cc1ccc(C)c(C(=O)CCC(=O)Nc2nc(C3CCNCC3)nn2C)c1. The zero-order valence-electron chi connectivity index (χ0n) is 16.2. The molecule has 1 aromatic carbocycles. The molecule has 1 amide bonds. The number of piperidine rings is 1. The first-order chi connectivity index (χ1) is 12.9. The standard InChI is InChI=1S/C20H27N5O2/c1-13-4-5-14(2)16(12-13)17(26)6-7-18(27)22-20-23-19(24-25(20)3)15-8-10-21-11-9-15/h4-5,12,15,21H,6-11H2,1-3H3,(H,22,23,24,27). The van der Waals surface area contributed by atoms with E-state index in [-0.39, 0.29) is 24.5 Å². The van der Waals surface area contributed by atoms with Gasteiger partial charge >= 0.3 is 0 Å². The lowest BCUT2D eigenvalue weighted by Crippen LogP contribution is -2.27. The molecule has 0 bridgehead atoms. The number of aromatic nitrogens is 3. The summed E-state index contributed by atoms with van der Waals surface area (Å²) < 4.78 is 1.60. The summed E-state index contributed by atoms with van der Waals surface area (Å²) in [6.07, 6.45) is 2.31. The zero-order valence-corrected chi connectivity index (χ0v) is 16.2. The Bertz CT molecular complexity index is 837. The van der Waals surface area contributed by atoms with Crippen LogP contribution >= 0.6 is 0 Å². The summed E-state index contributed by atoms with van der Waals surface area (Å²) in [5.74, 6) is 1.31. The highest BCUT2D eigenvalue weighted by molar-refractivity contribution is 6.00. The van der Waals surface area contributed by atoms with Gasteiger partial charge in [-0.05, 0) is 51.4 Å². The Labute approximate surface area is 159 Å². The average Bonchev–Trinajstić information content (AvgIpc) is 3.03. The molecule has 2 N–H and O–H groups in total. The van der Waals surface area contributed by atoms with Crippen LogP contribution in [0, 0.1) is 13.8 Å². The molecule has 144 valence electrons. The number of carbonyl (C=O) groups is 2. The van der Waals surface area contributed by atoms with Crippen molar-refractivity contribution in [1.82, 2.24) is 20.1 Å². The number of ketones is 1. The highest BCUT2D eigenvalue weighted by atomic mass is 16.2. The van der Waals surface area contributed by atoms with Crippen molar-refractivity contribution < 1.29 is 9.59 Å². The lowest BCUT2D eigenvalue weighted by molar-refractivity contribution is -0.116. The zero-order chi connectivity index (χ0) is 19.4. The van der Waals surface area contributed by atoms with E-state index in [1.54, 1.807) is 11.7 Å². The second-order valence-electron chi connectivity index (χ2n) is 7.23. The number of carbonyl (C=O) groups excluding carboxylic acids is 2. The summed E-state index contributed by atoms with van der Waals surface area (Å²) in [5.41, 5.74) is 2.67. The van der Waals surface area contributed by atoms with Crippen molar-refractivity contribution in [3.63, 3.8) is 0 Å². The van der Waals surface area contributed by atoms with Crippen molar-refractivity contribution in [3.8, 4) is 0 Å². The monoisotopic (exact) mass is 369 g/mol. The topological polar surface area (TPSA) is 88.9 Å². The summed E-state index contributed by atoms with van der Waals surface area (Å²) in [6, 6.07) is 5.79. The molecular formula is C20H27N5O2. The lowest BCUT2D eigenvalue weighted by atomic mass is 9.98. The van der Waals surface area contributed by atoms with Crippen LogP contribution in [0.1, 0.15) is 58.9 Å². The van der Waals surface area contributed by atoms with Crippen LogP contribution in [0.3, 0.4) is 0 Å². The van der Waals surface area contributed by atoms with E-state index in [9.17, 15) is 9.59 Å². The maximum atomic E-state index is 12.4. The number of rotatable bonds is 6. The number of Topliss-reactive ketones (excluding diaryl/α,β-unsaturated/α-hetero) is 1. The van der Waals surface area contributed by atoms with E-state index in [1.807, 2.05) is 32.0 Å². The molecule has 0 saturated carbocycles. The Hall–Kier alpha value is -2.54. The molecule has 1 aromatic heterocycles. The van der Waals surface area contributed by atoms with E-state index in [4.69, 9.17) is 0 Å². The highest BCUT2D eigenvalue weighted by Crippen LogP contribution is 2.23. The molecule has 0 atom stereocenters. The maximum absolute atomic E-state index is 12.4. The number of nitrogens with zero attached hydrogens (tertiary/aromatic N) is 3. The summed E-state index contributed by atoms with van der Waals surface area (Å²) in [5, 5.41) is 10.6. The molecule has 1 saturated heterocycles. The van der Waals surface area contributed by atoms with E-state index in [0.717, 1.165) is 42.9 Å². The Kier molecular flexibility index (Phi) is 6.01. The largest absolute Gasteiger partial charge is 0.317 e. The molecule has 0 unspecified atom stereocenters. The molecule has 0 spiro atoms.